The van der Waals surface area contributed by atoms with Gasteiger partial charge < -0.3 is 21.3 Å². The maximum atomic E-state index is 7.28. The molecule has 0 amide bonds. The molecule has 3 aromatic rings. The molecule has 0 spiro atoms. The van der Waals surface area contributed by atoms with Crippen LogP contribution in [0.4, 0.5) is 39.8 Å². The van der Waals surface area contributed by atoms with E-state index in [4.69, 9.17) is 11.8 Å². The van der Waals surface area contributed by atoms with Gasteiger partial charge in [0.2, 0.25) is 0 Å². The number of hydrogen-bond donors (Lipinski definition) is 5. The molecule has 284 valence electrons. The Morgan fingerprint density at radius 3 is 1.63 bits per heavy atom. The van der Waals surface area contributed by atoms with Gasteiger partial charge in [-0.05, 0) is 56.4 Å². The van der Waals surface area contributed by atoms with Gasteiger partial charge in [-0.3, -0.25) is 5.43 Å². The van der Waals surface area contributed by atoms with E-state index >= 15 is 0 Å². The lowest BCUT2D eigenvalue weighted by atomic mass is 9.98. The predicted molar refractivity (Wildman–Crippen MR) is 229 cm³/mol. The Balaban J connectivity index is 2.01. The zero-order valence-corrected chi connectivity index (χ0v) is 33.6. The highest BCUT2D eigenvalue weighted by Gasteiger charge is 2.26. The fourth-order valence-corrected chi connectivity index (χ4v) is 7.05. The summed E-state index contributed by atoms with van der Waals surface area (Å²) in [5.41, 5.74) is 11.7. The number of nitrogens with one attached hydrogen (secondary N) is 5. The molecule has 0 radical (unpaired) electrons. The molecule has 51 heavy (non-hydrogen) atoms. The van der Waals surface area contributed by atoms with Crippen molar-refractivity contribution in [2.24, 2.45) is 5.92 Å². The second kappa shape index (κ2) is 25.7. The summed E-state index contributed by atoms with van der Waals surface area (Å²) in [6.45, 7) is 14.1. The minimum atomic E-state index is 0.595. The van der Waals surface area contributed by atoms with Gasteiger partial charge in [-0.15, -0.1) is 0 Å². The molecule has 0 saturated heterocycles. The average Bonchev–Trinajstić information content (AvgIpc) is 3.15. The third-order valence-corrected chi connectivity index (χ3v) is 10.2. The Kier molecular flexibility index (Phi) is 21.2. The van der Waals surface area contributed by atoms with Crippen LogP contribution in [0.3, 0.4) is 0 Å². The van der Waals surface area contributed by atoms with Crippen LogP contribution in [0.15, 0.2) is 60.7 Å². The van der Waals surface area contributed by atoms with Gasteiger partial charge in [-0.25, -0.2) is 0 Å². The van der Waals surface area contributed by atoms with E-state index in [0.717, 1.165) is 84.3 Å². The quantitative estimate of drug-likeness (QED) is 0.0280. The molecule has 0 fully saturated rings. The van der Waals surface area contributed by atoms with Crippen LogP contribution in [0.2, 0.25) is 0 Å². The summed E-state index contributed by atoms with van der Waals surface area (Å²) in [5, 5.41) is 15.7. The number of halogens is 1. The molecular formula is C44H71ClN6. The third kappa shape index (κ3) is 15.1. The number of benzene rings is 3. The fourth-order valence-electron chi connectivity index (χ4n) is 6.74. The summed E-state index contributed by atoms with van der Waals surface area (Å²) in [5.74, 6) is 0.595. The lowest BCUT2D eigenvalue weighted by Crippen LogP contribution is -2.24. The van der Waals surface area contributed by atoms with Crippen molar-refractivity contribution in [3.05, 3.63) is 66.2 Å². The van der Waals surface area contributed by atoms with Crippen LogP contribution >= 0.6 is 11.8 Å². The standard InChI is InChI=1S/C44H71ClN6/c1-6-10-13-14-15-16-17-18-19-27-34-46-41-40(49-38-29-22-20-23-30-38)36(5)44(51(45)50-39-31-24-21-25-32-39)43(47-33-26-11-7-2)42(41)48-35-37(9-4)28-12-8-3/h20-25,29-32,37,46-50H,6-19,26-28,33-35H2,1-5H3. The van der Waals surface area contributed by atoms with E-state index in [2.05, 4.69) is 91.6 Å². The van der Waals surface area contributed by atoms with Gasteiger partial charge >= 0.3 is 0 Å². The summed E-state index contributed by atoms with van der Waals surface area (Å²) < 4.78 is 1.68. The fraction of sp³-hybridized carbons (Fsp3) is 0.591. The number of rotatable bonds is 29. The first kappa shape index (κ1) is 42.2. The Bertz CT molecular complexity index is 1320. The number of para-hydroxylation sites is 2. The molecule has 6 nitrogen and oxygen atoms in total. The van der Waals surface area contributed by atoms with Crippen LogP contribution in [0.1, 0.15) is 142 Å². The van der Waals surface area contributed by atoms with Crippen LogP contribution in [0, 0.1) is 12.8 Å². The molecule has 0 aliphatic rings. The molecule has 0 bridgehead atoms. The van der Waals surface area contributed by atoms with Crippen LogP contribution in [0.5, 0.6) is 0 Å². The number of hydrazine groups is 1. The number of nitrogens with zero attached hydrogens (tertiary/aromatic N) is 1. The van der Waals surface area contributed by atoms with Crippen molar-refractivity contribution in [1.29, 1.82) is 0 Å². The van der Waals surface area contributed by atoms with E-state index < -0.39 is 0 Å². The van der Waals surface area contributed by atoms with Gasteiger partial charge in [0.05, 0.1) is 28.4 Å². The second-order valence-electron chi connectivity index (χ2n) is 14.3. The summed E-state index contributed by atoms with van der Waals surface area (Å²) in [7, 11) is 0. The van der Waals surface area contributed by atoms with Crippen molar-refractivity contribution in [3.63, 3.8) is 0 Å². The molecule has 7 heteroatoms. The molecule has 0 saturated carbocycles. The summed E-state index contributed by atoms with van der Waals surface area (Å²) >= 11 is 7.28. The van der Waals surface area contributed by atoms with Crippen molar-refractivity contribution in [2.75, 3.05) is 50.9 Å². The topological polar surface area (TPSA) is 63.4 Å². The van der Waals surface area contributed by atoms with E-state index in [0.29, 0.717) is 5.92 Å². The minimum absolute atomic E-state index is 0.595. The maximum Gasteiger partial charge on any atom is 0.106 e. The van der Waals surface area contributed by atoms with Crippen LogP contribution in [-0.4, -0.2) is 19.6 Å². The van der Waals surface area contributed by atoms with E-state index in [-0.39, 0.29) is 0 Å². The molecule has 1 atom stereocenters. The van der Waals surface area contributed by atoms with Crippen LogP contribution in [0.25, 0.3) is 0 Å². The number of hydrogen-bond acceptors (Lipinski definition) is 6. The highest BCUT2D eigenvalue weighted by atomic mass is 35.5. The molecule has 0 aliphatic heterocycles. The molecule has 1 unspecified atom stereocenters. The first-order valence-corrected chi connectivity index (χ1v) is 20.9. The highest BCUT2D eigenvalue weighted by molar-refractivity contribution is 6.28. The largest absolute Gasteiger partial charge is 0.382 e. The van der Waals surface area contributed by atoms with E-state index in [1.165, 1.54) is 89.9 Å². The zero-order chi connectivity index (χ0) is 36.5. The van der Waals surface area contributed by atoms with Gasteiger partial charge in [0, 0.05) is 42.7 Å². The smallest absolute Gasteiger partial charge is 0.106 e. The molecule has 0 aromatic heterocycles. The van der Waals surface area contributed by atoms with Crippen molar-refractivity contribution in [3.8, 4) is 0 Å². The summed E-state index contributed by atoms with van der Waals surface area (Å²) in [6, 6.07) is 20.7. The molecule has 0 heterocycles. The lowest BCUT2D eigenvalue weighted by Gasteiger charge is -2.31. The molecule has 3 aromatic carbocycles. The van der Waals surface area contributed by atoms with Crippen molar-refractivity contribution < 1.29 is 0 Å². The first-order valence-electron chi connectivity index (χ1n) is 20.6. The highest BCUT2D eigenvalue weighted by Crippen LogP contribution is 2.49. The Labute approximate surface area is 317 Å². The minimum Gasteiger partial charge on any atom is -0.382 e. The van der Waals surface area contributed by atoms with Crippen molar-refractivity contribution in [2.45, 2.75) is 144 Å². The van der Waals surface area contributed by atoms with Crippen molar-refractivity contribution in [1.82, 2.24) is 0 Å². The Morgan fingerprint density at radius 2 is 1.04 bits per heavy atom. The maximum absolute atomic E-state index is 7.28. The van der Waals surface area contributed by atoms with E-state index in [1.54, 1.807) is 4.53 Å². The number of unbranched alkanes of at least 4 members (excludes halogenated alkanes) is 12. The molecule has 3 rings (SSSR count). The number of anilines is 7. The van der Waals surface area contributed by atoms with Gasteiger partial charge in [0.1, 0.15) is 5.69 Å². The summed E-state index contributed by atoms with van der Waals surface area (Å²) in [6.07, 6.45) is 21.6. The van der Waals surface area contributed by atoms with Crippen LogP contribution in [-0.2, 0) is 0 Å². The predicted octanol–water partition coefficient (Wildman–Crippen LogP) is 14.3. The van der Waals surface area contributed by atoms with Crippen molar-refractivity contribution >= 4 is 51.6 Å². The van der Waals surface area contributed by atoms with Gasteiger partial charge in [-0.1, -0.05) is 154 Å². The van der Waals surface area contributed by atoms with E-state index in [1.807, 2.05) is 30.3 Å². The van der Waals surface area contributed by atoms with Gasteiger partial charge in [-0.2, -0.15) is 4.53 Å². The normalized spacial score (nSPS) is 11.6. The van der Waals surface area contributed by atoms with Gasteiger partial charge in [0.15, 0.2) is 0 Å². The zero-order valence-electron chi connectivity index (χ0n) is 32.8. The Morgan fingerprint density at radius 1 is 0.549 bits per heavy atom. The second-order valence-corrected chi connectivity index (χ2v) is 14.6. The SMILES string of the molecule is CCCCCCCCCCCCNc1c(Nc2ccccc2)c(C)c(N(Cl)Nc2ccccc2)c(NCCCCC)c1NCC(CC)CCCC. The Hall–Kier alpha value is -3.25. The van der Waals surface area contributed by atoms with E-state index in [9.17, 15) is 0 Å². The molecular weight excluding hydrogens is 648 g/mol. The van der Waals surface area contributed by atoms with Crippen LogP contribution < -0.4 is 31.2 Å². The van der Waals surface area contributed by atoms with Gasteiger partial charge in [0.25, 0.3) is 0 Å². The molecule has 5 N–H and O–H groups in total. The third-order valence-electron chi connectivity index (χ3n) is 9.98. The first-order chi connectivity index (χ1) is 25.0. The summed E-state index contributed by atoms with van der Waals surface area (Å²) in [4.78, 5) is 0. The monoisotopic (exact) mass is 719 g/mol. The molecule has 0 aliphatic carbocycles. The lowest BCUT2D eigenvalue weighted by molar-refractivity contribution is 0.473. The average molecular weight is 720 g/mol.